The first-order valence-corrected chi connectivity index (χ1v) is 6.09. The van der Waals surface area contributed by atoms with Gasteiger partial charge in [0.05, 0.1) is 11.5 Å². The summed E-state index contributed by atoms with van der Waals surface area (Å²) in [6, 6.07) is 6.35. The summed E-state index contributed by atoms with van der Waals surface area (Å²) in [5.74, 6) is 0.387. The summed E-state index contributed by atoms with van der Waals surface area (Å²) in [6.07, 6.45) is 0.806. The minimum atomic E-state index is -0.531. The summed E-state index contributed by atoms with van der Waals surface area (Å²) in [7, 11) is 0. The molecular formula is C13H17N3O3. The van der Waals surface area contributed by atoms with E-state index in [1.54, 1.807) is 0 Å². The van der Waals surface area contributed by atoms with E-state index in [0.29, 0.717) is 18.4 Å². The molecule has 0 amide bonds. The van der Waals surface area contributed by atoms with Gasteiger partial charge in [0, 0.05) is 18.2 Å². The Morgan fingerprint density at radius 3 is 2.84 bits per heavy atom. The zero-order valence-corrected chi connectivity index (χ0v) is 11.0. The fourth-order valence-corrected chi connectivity index (χ4v) is 1.49. The lowest BCUT2D eigenvalue weighted by Crippen LogP contribution is -2.24. The molecule has 0 heterocycles. The molecule has 0 saturated carbocycles. The minimum absolute atomic E-state index is 0.106. The van der Waals surface area contributed by atoms with Gasteiger partial charge in [0.1, 0.15) is 17.4 Å². The number of hydrogen-bond donors (Lipinski definition) is 1. The van der Waals surface area contributed by atoms with Crippen LogP contribution < -0.4 is 10.1 Å². The van der Waals surface area contributed by atoms with E-state index in [1.165, 1.54) is 18.2 Å². The van der Waals surface area contributed by atoms with Crippen LogP contribution in [0.5, 0.6) is 5.75 Å². The van der Waals surface area contributed by atoms with Gasteiger partial charge in [0.15, 0.2) is 0 Å². The summed E-state index contributed by atoms with van der Waals surface area (Å²) < 4.78 is 5.46. The van der Waals surface area contributed by atoms with Crippen LogP contribution in [0, 0.1) is 21.4 Å². The van der Waals surface area contributed by atoms with E-state index in [0.717, 1.165) is 13.0 Å². The molecule has 0 radical (unpaired) electrons. The van der Waals surface area contributed by atoms with Crippen molar-refractivity contribution in [2.45, 2.75) is 26.3 Å². The fraction of sp³-hybridized carbons (Fsp3) is 0.462. The van der Waals surface area contributed by atoms with Crippen LogP contribution in [0.3, 0.4) is 0 Å². The Morgan fingerprint density at radius 1 is 1.53 bits per heavy atom. The molecule has 102 valence electrons. The number of nitro benzene ring substituents is 1. The summed E-state index contributed by atoms with van der Waals surface area (Å²) in [4.78, 5) is 10.1. The second-order valence-electron chi connectivity index (χ2n) is 4.36. The Kier molecular flexibility index (Phi) is 5.76. The Morgan fingerprint density at radius 2 is 2.26 bits per heavy atom. The number of nitrogens with one attached hydrogen (secondary N) is 1. The van der Waals surface area contributed by atoms with Gasteiger partial charge in [-0.3, -0.25) is 10.1 Å². The van der Waals surface area contributed by atoms with E-state index in [-0.39, 0.29) is 11.3 Å². The largest absolute Gasteiger partial charge is 0.492 e. The molecule has 0 aliphatic rings. The van der Waals surface area contributed by atoms with Gasteiger partial charge in [-0.05, 0) is 19.0 Å². The normalized spacial score (nSPS) is 10.2. The Balaban J connectivity index is 2.54. The summed E-state index contributed by atoms with van der Waals surface area (Å²) in [5, 5.41) is 22.8. The van der Waals surface area contributed by atoms with Crippen LogP contribution in [0.15, 0.2) is 18.2 Å². The molecule has 1 aromatic rings. The van der Waals surface area contributed by atoms with Crippen molar-refractivity contribution in [2.24, 2.45) is 0 Å². The van der Waals surface area contributed by atoms with Gasteiger partial charge < -0.3 is 10.1 Å². The van der Waals surface area contributed by atoms with Crippen molar-refractivity contribution < 1.29 is 9.66 Å². The number of ether oxygens (including phenoxy) is 1. The maximum Gasteiger partial charge on any atom is 0.271 e. The zero-order valence-electron chi connectivity index (χ0n) is 11.0. The average molecular weight is 263 g/mol. The predicted molar refractivity (Wildman–Crippen MR) is 71.1 cm³/mol. The molecule has 6 nitrogen and oxygen atoms in total. The third-order valence-corrected chi connectivity index (χ3v) is 2.43. The van der Waals surface area contributed by atoms with Crippen LogP contribution in [0.4, 0.5) is 5.69 Å². The highest BCUT2D eigenvalue weighted by Gasteiger charge is 2.11. The van der Waals surface area contributed by atoms with Gasteiger partial charge in [-0.25, -0.2) is 0 Å². The standard InChI is InChI=1S/C13H17N3O3/c1-10(2)15-6-3-7-19-13-5-4-12(16(17)18)8-11(13)9-14/h4-5,8,10,15H,3,6-7H2,1-2H3. The second-order valence-corrected chi connectivity index (χ2v) is 4.36. The molecule has 0 bridgehead atoms. The van der Waals surface area contributed by atoms with Crippen LogP contribution in [0.25, 0.3) is 0 Å². The van der Waals surface area contributed by atoms with E-state index in [9.17, 15) is 10.1 Å². The number of benzene rings is 1. The van der Waals surface area contributed by atoms with Gasteiger partial charge in [0.25, 0.3) is 5.69 Å². The highest BCUT2D eigenvalue weighted by atomic mass is 16.6. The molecule has 0 unspecified atom stereocenters. The van der Waals surface area contributed by atoms with Crippen LogP contribution in [0.1, 0.15) is 25.8 Å². The average Bonchev–Trinajstić information content (AvgIpc) is 2.37. The molecule has 0 fully saturated rings. The molecule has 0 atom stereocenters. The van der Waals surface area contributed by atoms with Gasteiger partial charge in [-0.15, -0.1) is 0 Å². The number of nitro groups is 1. The first kappa shape index (κ1) is 14.9. The van der Waals surface area contributed by atoms with Crippen molar-refractivity contribution in [3.63, 3.8) is 0 Å². The Hall–Kier alpha value is -2.13. The lowest BCUT2D eigenvalue weighted by atomic mass is 10.2. The molecule has 1 N–H and O–H groups in total. The zero-order chi connectivity index (χ0) is 14.3. The topological polar surface area (TPSA) is 88.2 Å². The molecule has 0 saturated heterocycles. The molecular weight excluding hydrogens is 246 g/mol. The lowest BCUT2D eigenvalue weighted by Gasteiger charge is -2.10. The van der Waals surface area contributed by atoms with E-state index in [4.69, 9.17) is 10.00 Å². The molecule has 6 heteroatoms. The second kappa shape index (κ2) is 7.34. The molecule has 0 spiro atoms. The fourth-order valence-electron chi connectivity index (χ4n) is 1.49. The molecule has 1 aromatic carbocycles. The summed E-state index contributed by atoms with van der Waals surface area (Å²) in [6.45, 7) is 5.41. The van der Waals surface area contributed by atoms with E-state index in [2.05, 4.69) is 19.2 Å². The van der Waals surface area contributed by atoms with Crippen LogP contribution >= 0.6 is 0 Å². The number of nitriles is 1. The van der Waals surface area contributed by atoms with Crippen molar-refractivity contribution in [3.05, 3.63) is 33.9 Å². The number of hydrogen-bond acceptors (Lipinski definition) is 5. The van der Waals surface area contributed by atoms with Crippen molar-refractivity contribution in [2.75, 3.05) is 13.2 Å². The van der Waals surface area contributed by atoms with Gasteiger partial charge in [-0.2, -0.15) is 5.26 Å². The Bertz CT molecular complexity index is 481. The molecule has 19 heavy (non-hydrogen) atoms. The van der Waals surface area contributed by atoms with E-state index >= 15 is 0 Å². The van der Waals surface area contributed by atoms with Crippen LogP contribution in [0.2, 0.25) is 0 Å². The van der Waals surface area contributed by atoms with Crippen molar-refractivity contribution >= 4 is 5.69 Å². The van der Waals surface area contributed by atoms with Gasteiger partial charge >= 0.3 is 0 Å². The third-order valence-electron chi connectivity index (χ3n) is 2.43. The maximum atomic E-state index is 10.6. The molecule has 0 aliphatic carbocycles. The van der Waals surface area contributed by atoms with Crippen molar-refractivity contribution in [1.82, 2.24) is 5.32 Å². The molecule has 1 rings (SSSR count). The number of rotatable bonds is 7. The Labute approximate surface area is 112 Å². The van der Waals surface area contributed by atoms with Gasteiger partial charge in [0.2, 0.25) is 0 Å². The quantitative estimate of drug-likeness (QED) is 0.463. The van der Waals surface area contributed by atoms with Crippen molar-refractivity contribution in [3.8, 4) is 11.8 Å². The number of non-ortho nitro benzene ring substituents is 1. The van der Waals surface area contributed by atoms with Crippen molar-refractivity contribution in [1.29, 1.82) is 5.26 Å². The number of nitrogens with zero attached hydrogens (tertiary/aromatic N) is 2. The lowest BCUT2D eigenvalue weighted by molar-refractivity contribution is -0.384. The monoisotopic (exact) mass is 263 g/mol. The van der Waals surface area contributed by atoms with E-state index < -0.39 is 4.92 Å². The minimum Gasteiger partial charge on any atom is -0.492 e. The van der Waals surface area contributed by atoms with Crippen LogP contribution in [-0.4, -0.2) is 24.1 Å². The third kappa shape index (κ3) is 4.94. The maximum absolute atomic E-state index is 10.6. The predicted octanol–water partition coefficient (Wildman–Crippen LogP) is 2.23. The van der Waals surface area contributed by atoms with Gasteiger partial charge in [-0.1, -0.05) is 13.8 Å². The summed E-state index contributed by atoms with van der Waals surface area (Å²) >= 11 is 0. The van der Waals surface area contributed by atoms with Crippen LogP contribution in [-0.2, 0) is 0 Å². The summed E-state index contributed by atoms with van der Waals surface area (Å²) in [5.41, 5.74) is 0.0800. The molecule has 0 aliphatic heterocycles. The SMILES string of the molecule is CC(C)NCCCOc1ccc([N+](=O)[O-])cc1C#N. The first-order valence-electron chi connectivity index (χ1n) is 6.09. The molecule has 0 aromatic heterocycles. The first-order chi connectivity index (χ1) is 9.04. The van der Waals surface area contributed by atoms with E-state index in [1.807, 2.05) is 6.07 Å². The smallest absolute Gasteiger partial charge is 0.271 e. The highest BCUT2D eigenvalue weighted by Crippen LogP contribution is 2.23. The highest BCUT2D eigenvalue weighted by molar-refractivity contribution is 5.50.